The number of ether oxygens (including phenoxy) is 1. The first kappa shape index (κ1) is 21.5. The molecule has 0 saturated carbocycles. The number of aromatic nitrogens is 2. The van der Waals surface area contributed by atoms with E-state index in [0.29, 0.717) is 36.5 Å². The zero-order chi connectivity index (χ0) is 22.0. The number of hydrogen-bond donors (Lipinski definition) is 1. The van der Waals surface area contributed by atoms with Gasteiger partial charge < -0.3 is 4.74 Å². The van der Waals surface area contributed by atoms with Crippen molar-refractivity contribution in [3.05, 3.63) is 47.1 Å². The Kier molecular flexibility index (Phi) is 6.12. The standard InChI is InChI=1S/C19H20BrN5O5S/c1-2-31(27,28)24-12-10-23(11-13-24)25-17(20)18(30-22-25)21-19(26)29-16-9-5-7-14-6-3-4-8-15(14)16/h3-9H,2,10-13H2,1H3/p+1. The second kappa shape index (κ2) is 8.81. The number of piperazine rings is 1. The summed E-state index contributed by atoms with van der Waals surface area (Å²) in [4.78, 5) is 13.9. The van der Waals surface area contributed by atoms with Crippen LogP contribution in [0.1, 0.15) is 6.92 Å². The Morgan fingerprint density at radius 3 is 2.65 bits per heavy atom. The van der Waals surface area contributed by atoms with Crippen molar-refractivity contribution in [2.24, 2.45) is 0 Å². The molecule has 2 aromatic carbocycles. The molecule has 2 heterocycles. The first-order chi connectivity index (χ1) is 14.9. The number of anilines is 1. The van der Waals surface area contributed by atoms with E-state index in [1.165, 1.54) is 9.10 Å². The van der Waals surface area contributed by atoms with Gasteiger partial charge in [-0.25, -0.2) is 13.2 Å². The quantitative estimate of drug-likeness (QED) is 0.523. The van der Waals surface area contributed by atoms with E-state index < -0.39 is 16.1 Å². The fraction of sp³-hybridized carbons (Fsp3) is 0.316. The highest BCUT2D eigenvalue weighted by Crippen LogP contribution is 2.26. The highest BCUT2D eigenvalue weighted by Gasteiger charge is 2.35. The summed E-state index contributed by atoms with van der Waals surface area (Å²) in [6, 6.07) is 13.0. The summed E-state index contributed by atoms with van der Waals surface area (Å²) in [6.07, 6.45) is -0.723. The summed E-state index contributed by atoms with van der Waals surface area (Å²) >= 11 is 3.37. The van der Waals surface area contributed by atoms with Gasteiger partial charge in [-0.1, -0.05) is 36.4 Å². The maximum atomic E-state index is 12.4. The Morgan fingerprint density at radius 2 is 1.90 bits per heavy atom. The van der Waals surface area contributed by atoms with E-state index in [2.05, 4.69) is 26.5 Å². The van der Waals surface area contributed by atoms with Crippen molar-refractivity contribution < 1.29 is 27.3 Å². The molecule has 0 spiro atoms. The molecule has 0 aliphatic carbocycles. The maximum Gasteiger partial charge on any atom is 0.419 e. The summed E-state index contributed by atoms with van der Waals surface area (Å²) in [5.74, 6) is 0.571. The minimum atomic E-state index is -3.22. The summed E-state index contributed by atoms with van der Waals surface area (Å²) < 4.78 is 36.6. The first-order valence-corrected chi connectivity index (χ1v) is 12.1. The number of carbonyl (C=O) groups excluding carboxylic acids is 1. The zero-order valence-electron chi connectivity index (χ0n) is 16.7. The van der Waals surface area contributed by atoms with Crippen LogP contribution in [0.4, 0.5) is 10.7 Å². The molecule has 3 aromatic rings. The fourth-order valence-electron chi connectivity index (χ4n) is 3.32. The SMILES string of the molecule is CCS(=O)(=O)N1CCN([n+]2noc(NC(=O)Oc3cccc4ccccc34)c2Br)CC1. The number of nitrogens with zero attached hydrogens (tertiary/aromatic N) is 4. The van der Waals surface area contributed by atoms with E-state index in [4.69, 9.17) is 9.26 Å². The molecule has 1 aliphatic heterocycles. The lowest BCUT2D eigenvalue weighted by atomic mass is 10.1. The predicted octanol–water partition coefficient (Wildman–Crippen LogP) is 2.09. The molecule has 0 radical (unpaired) electrons. The van der Waals surface area contributed by atoms with Crippen LogP contribution in [0.5, 0.6) is 5.75 Å². The second-order valence-electron chi connectivity index (χ2n) is 6.83. The van der Waals surface area contributed by atoms with Gasteiger partial charge in [0.15, 0.2) is 0 Å². The van der Waals surface area contributed by atoms with Crippen LogP contribution in [-0.2, 0) is 10.0 Å². The van der Waals surface area contributed by atoms with E-state index >= 15 is 0 Å². The van der Waals surface area contributed by atoms with Crippen molar-refractivity contribution in [2.45, 2.75) is 6.92 Å². The molecule has 12 heteroatoms. The number of hydrogen-bond acceptors (Lipinski definition) is 7. The van der Waals surface area contributed by atoms with Gasteiger partial charge in [-0.15, -0.1) is 5.01 Å². The van der Waals surface area contributed by atoms with Gasteiger partial charge in [0.2, 0.25) is 15.3 Å². The van der Waals surface area contributed by atoms with Crippen molar-refractivity contribution in [1.29, 1.82) is 0 Å². The normalized spacial score (nSPS) is 15.2. The number of sulfonamides is 1. The number of benzene rings is 2. The molecule has 10 nitrogen and oxygen atoms in total. The zero-order valence-corrected chi connectivity index (χ0v) is 19.1. The van der Waals surface area contributed by atoms with E-state index in [9.17, 15) is 13.2 Å². The third-order valence-corrected chi connectivity index (χ3v) is 7.54. The molecule has 31 heavy (non-hydrogen) atoms. The van der Waals surface area contributed by atoms with Crippen molar-refractivity contribution in [3.63, 3.8) is 0 Å². The Hall–Kier alpha value is -2.70. The van der Waals surface area contributed by atoms with Crippen LogP contribution in [0.15, 0.2) is 51.6 Å². The van der Waals surface area contributed by atoms with Crippen LogP contribution in [-0.4, -0.2) is 56.0 Å². The molecule has 164 valence electrons. The van der Waals surface area contributed by atoms with Crippen LogP contribution < -0.4 is 19.9 Å². The third kappa shape index (κ3) is 4.50. The average Bonchev–Trinajstić information content (AvgIpc) is 3.14. The van der Waals surface area contributed by atoms with Crippen molar-refractivity contribution in [1.82, 2.24) is 9.58 Å². The largest absolute Gasteiger partial charge is 0.419 e. The molecule has 1 amide bonds. The highest BCUT2D eigenvalue weighted by atomic mass is 79.9. The summed E-state index contributed by atoms with van der Waals surface area (Å²) in [5, 5.41) is 10.1. The monoisotopic (exact) mass is 510 g/mol. The minimum Gasteiger partial charge on any atom is -0.409 e. The van der Waals surface area contributed by atoms with Crippen LogP contribution in [0.25, 0.3) is 10.8 Å². The number of rotatable bonds is 5. The Labute approximate surface area is 187 Å². The fourth-order valence-corrected chi connectivity index (χ4v) is 4.87. The van der Waals surface area contributed by atoms with Crippen LogP contribution in [0.2, 0.25) is 0 Å². The second-order valence-corrected chi connectivity index (χ2v) is 9.84. The van der Waals surface area contributed by atoms with Gasteiger partial charge in [-0.3, -0.25) is 9.84 Å². The van der Waals surface area contributed by atoms with Crippen molar-refractivity contribution in [3.8, 4) is 5.75 Å². The van der Waals surface area contributed by atoms with Gasteiger partial charge >= 0.3 is 16.6 Å². The number of carbonyl (C=O) groups is 1. The molecule has 0 unspecified atom stereocenters. The Bertz CT molecular complexity index is 1200. The molecular weight excluding hydrogens is 490 g/mol. The molecule has 1 fully saturated rings. The Balaban J connectivity index is 1.42. The van der Waals surface area contributed by atoms with Gasteiger partial charge in [0.1, 0.15) is 5.75 Å². The van der Waals surface area contributed by atoms with Gasteiger partial charge in [-0.05, 0) is 18.4 Å². The average molecular weight is 511 g/mol. The lowest BCUT2D eigenvalue weighted by Gasteiger charge is -2.28. The van der Waals surface area contributed by atoms with Crippen molar-refractivity contribution in [2.75, 3.05) is 42.3 Å². The van der Waals surface area contributed by atoms with Gasteiger partial charge in [-0.2, -0.15) is 4.31 Å². The smallest absolute Gasteiger partial charge is 0.409 e. The predicted molar refractivity (Wildman–Crippen MR) is 117 cm³/mol. The molecule has 1 aliphatic rings. The van der Waals surface area contributed by atoms with Crippen LogP contribution in [0, 0.1) is 0 Å². The lowest BCUT2D eigenvalue weighted by molar-refractivity contribution is -0.768. The molecular formula is C19H21BrN5O5S+. The molecule has 1 N–H and O–H groups in total. The third-order valence-electron chi connectivity index (χ3n) is 4.98. The van der Waals surface area contributed by atoms with E-state index in [1.807, 2.05) is 41.4 Å². The van der Waals surface area contributed by atoms with Gasteiger partial charge in [0, 0.05) is 34.4 Å². The number of amides is 1. The lowest BCUT2D eigenvalue weighted by Crippen LogP contribution is -2.66. The van der Waals surface area contributed by atoms with Gasteiger partial charge in [0.25, 0.3) is 0 Å². The first-order valence-electron chi connectivity index (χ1n) is 9.66. The van der Waals surface area contributed by atoms with Crippen molar-refractivity contribution >= 4 is 48.7 Å². The van der Waals surface area contributed by atoms with Gasteiger partial charge in [0.05, 0.1) is 23.6 Å². The molecule has 0 atom stereocenters. The number of nitrogens with one attached hydrogen (secondary N) is 1. The molecule has 0 bridgehead atoms. The summed E-state index contributed by atoms with van der Waals surface area (Å²) in [6.45, 7) is 3.16. The van der Waals surface area contributed by atoms with E-state index in [-0.39, 0.29) is 11.6 Å². The maximum absolute atomic E-state index is 12.4. The highest BCUT2D eigenvalue weighted by molar-refractivity contribution is 9.10. The minimum absolute atomic E-state index is 0.0701. The number of fused-ring (bicyclic) bond motifs is 1. The Morgan fingerprint density at radius 1 is 1.19 bits per heavy atom. The molecule has 4 rings (SSSR count). The van der Waals surface area contributed by atoms with Crippen LogP contribution in [0.3, 0.4) is 0 Å². The molecule has 1 saturated heterocycles. The topological polar surface area (TPSA) is 109 Å². The van der Waals surface area contributed by atoms with Crippen LogP contribution >= 0.6 is 15.9 Å². The summed E-state index contributed by atoms with van der Waals surface area (Å²) in [7, 11) is -3.22. The van der Waals surface area contributed by atoms with E-state index in [1.54, 1.807) is 13.0 Å². The summed E-state index contributed by atoms with van der Waals surface area (Å²) in [5.41, 5.74) is 0. The molecule has 1 aromatic heterocycles. The number of halogens is 1. The van der Waals surface area contributed by atoms with E-state index in [0.717, 1.165) is 10.8 Å².